The van der Waals surface area contributed by atoms with Crippen LogP contribution in [0, 0.1) is 0 Å². The van der Waals surface area contributed by atoms with Crippen molar-refractivity contribution in [1.82, 2.24) is 0 Å². The SMILES string of the molecule is CCCCCCCCCCCCCCCCCCCCCCOC[C@H](COP(=O)(O)OC[C@@H](O)CO)OC(=O)CCCCCCCCCCCCCCCCCC. The summed E-state index contributed by atoms with van der Waals surface area (Å²) < 4.78 is 33.5. The number of hydrogen-bond donors (Lipinski definition) is 3. The van der Waals surface area contributed by atoms with Crippen LogP contribution in [-0.2, 0) is 27.9 Å². The molecule has 0 heterocycles. The summed E-state index contributed by atoms with van der Waals surface area (Å²) in [5.41, 5.74) is 0. The van der Waals surface area contributed by atoms with E-state index in [1.165, 1.54) is 199 Å². The number of hydrogen-bond acceptors (Lipinski definition) is 8. The highest BCUT2D eigenvalue weighted by Crippen LogP contribution is 2.43. The molecule has 0 radical (unpaired) electrons. The first kappa shape index (κ1) is 56.5. The van der Waals surface area contributed by atoms with Gasteiger partial charge in [-0.25, -0.2) is 4.57 Å². The van der Waals surface area contributed by atoms with Crippen molar-refractivity contribution in [3.05, 3.63) is 0 Å². The van der Waals surface area contributed by atoms with Crippen LogP contribution in [-0.4, -0.2) is 66.3 Å². The van der Waals surface area contributed by atoms with Crippen molar-refractivity contribution in [3.63, 3.8) is 0 Å². The second-order valence-corrected chi connectivity index (χ2v) is 18.3. The lowest BCUT2D eigenvalue weighted by Crippen LogP contribution is -2.29. The van der Waals surface area contributed by atoms with E-state index in [9.17, 15) is 19.4 Å². The number of aliphatic hydroxyl groups is 2. The van der Waals surface area contributed by atoms with Gasteiger partial charge in [-0.1, -0.05) is 232 Å². The highest BCUT2D eigenvalue weighted by atomic mass is 31.2. The lowest BCUT2D eigenvalue weighted by atomic mass is 10.0. The van der Waals surface area contributed by atoms with Gasteiger partial charge in [-0.3, -0.25) is 13.8 Å². The normalized spacial score (nSPS) is 13.8. The van der Waals surface area contributed by atoms with Gasteiger partial charge in [0.15, 0.2) is 0 Å². The second kappa shape index (κ2) is 45.0. The Kier molecular flexibility index (Phi) is 44.6. The van der Waals surface area contributed by atoms with Gasteiger partial charge in [-0.15, -0.1) is 0 Å². The number of aliphatic hydroxyl groups excluding tert-OH is 2. The van der Waals surface area contributed by atoms with E-state index in [1.807, 2.05) is 0 Å². The van der Waals surface area contributed by atoms with Crippen LogP contribution in [0.5, 0.6) is 0 Å². The van der Waals surface area contributed by atoms with E-state index in [4.69, 9.17) is 23.6 Å². The monoisotopic (exact) mass is 835 g/mol. The summed E-state index contributed by atoms with van der Waals surface area (Å²) >= 11 is 0. The largest absolute Gasteiger partial charge is 0.472 e. The van der Waals surface area contributed by atoms with Gasteiger partial charge in [0.1, 0.15) is 12.2 Å². The van der Waals surface area contributed by atoms with Crippen molar-refractivity contribution >= 4 is 13.8 Å². The zero-order valence-corrected chi connectivity index (χ0v) is 38.5. The summed E-state index contributed by atoms with van der Waals surface area (Å²) in [6.45, 7) is 3.60. The quantitative estimate of drug-likeness (QED) is 0.0311. The Morgan fingerprint density at radius 1 is 0.474 bits per heavy atom. The molecule has 9 nitrogen and oxygen atoms in total. The molecule has 0 aliphatic rings. The van der Waals surface area contributed by atoms with Crippen LogP contribution in [0.3, 0.4) is 0 Å². The van der Waals surface area contributed by atoms with E-state index in [1.54, 1.807) is 0 Å². The molecular formula is C47H95O9P. The predicted molar refractivity (Wildman–Crippen MR) is 238 cm³/mol. The molecule has 10 heteroatoms. The van der Waals surface area contributed by atoms with E-state index >= 15 is 0 Å². The topological polar surface area (TPSA) is 132 Å². The minimum atomic E-state index is -4.51. The Morgan fingerprint density at radius 3 is 1.14 bits per heavy atom. The summed E-state index contributed by atoms with van der Waals surface area (Å²) in [6, 6.07) is 0. The van der Waals surface area contributed by atoms with Crippen molar-refractivity contribution in [1.29, 1.82) is 0 Å². The zero-order chi connectivity index (χ0) is 41.8. The molecule has 0 saturated carbocycles. The third-order valence-corrected chi connectivity index (χ3v) is 12.0. The summed E-state index contributed by atoms with van der Waals surface area (Å²) in [6.07, 6.45) is 44.9. The third kappa shape index (κ3) is 44.8. The molecule has 3 atom stereocenters. The van der Waals surface area contributed by atoms with Gasteiger partial charge in [0.25, 0.3) is 0 Å². The van der Waals surface area contributed by atoms with Gasteiger partial charge >= 0.3 is 13.8 Å². The van der Waals surface area contributed by atoms with Crippen LogP contribution in [0.1, 0.15) is 251 Å². The van der Waals surface area contributed by atoms with Crippen molar-refractivity contribution in [2.45, 2.75) is 264 Å². The first-order valence-electron chi connectivity index (χ1n) is 24.5. The fourth-order valence-electron chi connectivity index (χ4n) is 7.30. The number of phosphoric ester groups is 1. The lowest BCUT2D eigenvalue weighted by Gasteiger charge is -2.20. The molecule has 0 fully saturated rings. The van der Waals surface area contributed by atoms with Crippen LogP contribution >= 0.6 is 7.82 Å². The minimum absolute atomic E-state index is 0.0586. The molecule has 342 valence electrons. The van der Waals surface area contributed by atoms with Crippen LogP contribution in [0.2, 0.25) is 0 Å². The Hall–Kier alpha value is -0.540. The lowest BCUT2D eigenvalue weighted by molar-refractivity contribution is -0.154. The highest BCUT2D eigenvalue weighted by Gasteiger charge is 2.26. The van der Waals surface area contributed by atoms with Gasteiger partial charge in [-0.05, 0) is 12.8 Å². The van der Waals surface area contributed by atoms with Crippen molar-refractivity contribution in [2.75, 3.05) is 33.0 Å². The Labute approximate surface area is 352 Å². The average molecular weight is 835 g/mol. The zero-order valence-electron chi connectivity index (χ0n) is 37.6. The summed E-state index contributed by atoms with van der Waals surface area (Å²) in [7, 11) is -4.51. The first-order chi connectivity index (χ1) is 27.8. The molecule has 0 rings (SSSR count). The molecule has 0 aromatic rings. The van der Waals surface area contributed by atoms with Gasteiger partial charge in [0, 0.05) is 13.0 Å². The maximum atomic E-state index is 12.6. The van der Waals surface area contributed by atoms with Crippen LogP contribution in [0.15, 0.2) is 0 Å². The molecule has 0 saturated heterocycles. The molecule has 0 bridgehead atoms. The molecule has 0 aromatic carbocycles. The maximum absolute atomic E-state index is 12.6. The van der Waals surface area contributed by atoms with E-state index in [2.05, 4.69) is 13.8 Å². The minimum Gasteiger partial charge on any atom is -0.457 e. The fourth-order valence-corrected chi connectivity index (χ4v) is 8.09. The molecular weight excluding hydrogens is 739 g/mol. The van der Waals surface area contributed by atoms with Gasteiger partial charge in [0.05, 0.1) is 26.4 Å². The number of carbonyl (C=O) groups is 1. The second-order valence-electron chi connectivity index (χ2n) is 16.9. The number of rotatable bonds is 48. The summed E-state index contributed by atoms with van der Waals surface area (Å²) in [4.78, 5) is 22.6. The standard InChI is InChI=1S/C47H95O9P/c1-3-5-7-9-11-13-15-17-19-21-22-23-24-26-28-30-32-34-36-38-40-53-43-46(44-55-57(51,52)54-42-45(49)41-48)56-47(50)39-37-35-33-31-29-27-25-20-18-16-14-12-10-8-6-4-2/h45-46,48-49H,3-44H2,1-2H3,(H,51,52)/t45-,46+/m0/s1. The van der Waals surface area contributed by atoms with E-state index in [0.29, 0.717) is 6.61 Å². The number of phosphoric acid groups is 1. The van der Waals surface area contributed by atoms with Gasteiger partial charge in [-0.2, -0.15) is 0 Å². The Bertz CT molecular complexity index is 861. The maximum Gasteiger partial charge on any atom is 0.472 e. The van der Waals surface area contributed by atoms with Crippen LogP contribution in [0.4, 0.5) is 0 Å². The van der Waals surface area contributed by atoms with Crippen molar-refractivity contribution < 1.29 is 43.0 Å². The third-order valence-electron chi connectivity index (χ3n) is 11.0. The molecule has 3 N–H and O–H groups in total. The molecule has 57 heavy (non-hydrogen) atoms. The van der Waals surface area contributed by atoms with E-state index < -0.39 is 33.2 Å². The predicted octanol–water partition coefficient (Wildman–Crippen LogP) is 13.9. The molecule has 0 aliphatic carbocycles. The van der Waals surface area contributed by atoms with Crippen LogP contribution in [0.25, 0.3) is 0 Å². The van der Waals surface area contributed by atoms with Gasteiger partial charge in [0.2, 0.25) is 0 Å². The van der Waals surface area contributed by atoms with Crippen molar-refractivity contribution in [3.8, 4) is 0 Å². The Morgan fingerprint density at radius 2 is 0.789 bits per heavy atom. The first-order valence-corrected chi connectivity index (χ1v) is 26.0. The smallest absolute Gasteiger partial charge is 0.457 e. The number of unbranched alkanes of at least 4 members (excludes halogenated alkanes) is 34. The Balaban J connectivity index is 4.03. The highest BCUT2D eigenvalue weighted by molar-refractivity contribution is 7.47. The molecule has 1 unspecified atom stereocenters. The van der Waals surface area contributed by atoms with Crippen molar-refractivity contribution in [2.24, 2.45) is 0 Å². The van der Waals surface area contributed by atoms with Crippen LogP contribution < -0.4 is 0 Å². The molecule has 0 amide bonds. The average Bonchev–Trinajstić information content (AvgIpc) is 3.20. The van der Waals surface area contributed by atoms with Gasteiger partial charge < -0.3 is 24.6 Å². The molecule has 0 spiro atoms. The van der Waals surface area contributed by atoms with E-state index in [-0.39, 0.29) is 25.6 Å². The molecule has 0 aromatic heterocycles. The summed E-state index contributed by atoms with van der Waals surface area (Å²) in [5.74, 6) is -0.374. The number of esters is 1. The number of carbonyl (C=O) groups excluding carboxylic acids is 1. The number of ether oxygens (including phenoxy) is 2. The molecule has 0 aliphatic heterocycles. The van der Waals surface area contributed by atoms with E-state index in [0.717, 1.165) is 32.1 Å². The fraction of sp³-hybridized carbons (Fsp3) is 0.979. The summed E-state index contributed by atoms with van der Waals surface area (Å²) in [5, 5.41) is 18.4.